The number of rotatable bonds is 6. The van der Waals surface area contributed by atoms with Crippen LogP contribution in [0.1, 0.15) is 84.1 Å². The molecule has 7 heteroatoms. The Hall–Kier alpha value is -2.98. The van der Waals surface area contributed by atoms with Gasteiger partial charge in [0.25, 0.3) is 0 Å². The summed E-state index contributed by atoms with van der Waals surface area (Å²) in [6.45, 7) is 7.66. The van der Waals surface area contributed by atoms with Crippen molar-refractivity contribution >= 4 is 17.4 Å². The molecule has 0 bridgehead atoms. The van der Waals surface area contributed by atoms with Gasteiger partial charge < -0.3 is 15.2 Å². The molecular weight excluding hydrogens is 512 g/mol. The van der Waals surface area contributed by atoms with Gasteiger partial charge in [-0.2, -0.15) is 0 Å². The Bertz CT molecular complexity index is 1330. The summed E-state index contributed by atoms with van der Waals surface area (Å²) in [7, 11) is 0. The number of allylic oxidation sites excluding steroid dienone is 4. The number of hydrogen-bond donors (Lipinski definition) is 2. The average molecular weight is 552 g/mol. The molecule has 0 amide bonds. The van der Waals surface area contributed by atoms with Gasteiger partial charge in [0.1, 0.15) is 22.9 Å². The van der Waals surface area contributed by atoms with Crippen LogP contribution in [0.3, 0.4) is 0 Å². The number of carbonyl (C=O) groups excluding carboxylic acids is 2. The highest BCUT2D eigenvalue weighted by Crippen LogP contribution is 2.68. The van der Waals surface area contributed by atoms with E-state index in [1.807, 2.05) is 0 Å². The van der Waals surface area contributed by atoms with Crippen LogP contribution < -0.4 is 5.32 Å². The Morgan fingerprint density at radius 3 is 2.62 bits per heavy atom. The first-order valence-electron chi connectivity index (χ1n) is 14.5. The summed E-state index contributed by atoms with van der Waals surface area (Å²) in [5, 5.41) is 14.8. The van der Waals surface area contributed by atoms with Gasteiger partial charge in [-0.1, -0.05) is 25.3 Å². The normalized spacial score (nSPS) is 32.8. The maximum Gasteiger partial charge on any atom is 0.302 e. The molecule has 0 radical (unpaired) electrons. The lowest BCUT2D eigenvalue weighted by Crippen LogP contribution is -2.52. The molecule has 4 aliphatic carbocycles. The fraction of sp³-hybridized carbons (Fsp3) is 0.576. The Labute approximate surface area is 235 Å². The highest BCUT2D eigenvalue weighted by Gasteiger charge is 2.65. The number of carbonyl (C=O) groups is 2. The first-order valence-corrected chi connectivity index (χ1v) is 14.5. The van der Waals surface area contributed by atoms with Crippen molar-refractivity contribution in [3.05, 3.63) is 52.1 Å². The lowest BCUT2D eigenvalue weighted by molar-refractivity contribution is -0.140. The van der Waals surface area contributed by atoms with Crippen molar-refractivity contribution in [1.82, 2.24) is 0 Å². The molecule has 4 aliphatic rings. The summed E-state index contributed by atoms with van der Waals surface area (Å²) in [6, 6.07) is 2.84. The minimum Gasteiger partial charge on any atom is -0.466 e. The number of ketones is 1. The van der Waals surface area contributed by atoms with E-state index in [1.54, 1.807) is 13.0 Å². The van der Waals surface area contributed by atoms with Crippen molar-refractivity contribution < 1.29 is 28.2 Å². The van der Waals surface area contributed by atoms with Gasteiger partial charge in [-0.05, 0) is 98.1 Å². The van der Waals surface area contributed by atoms with Crippen molar-refractivity contribution in [2.24, 2.45) is 23.2 Å². The molecule has 0 aromatic heterocycles. The Kier molecular flexibility index (Phi) is 7.69. The second-order valence-corrected chi connectivity index (χ2v) is 12.3. The zero-order valence-electron chi connectivity index (χ0n) is 23.8. The monoisotopic (exact) mass is 551 g/mol. The Morgan fingerprint density at radius 2 is 1.95 bits per heavy atom. The number of fused-ring (bicyclic) bond motifs is 4. The van der Waals surface area contributed by atoms with Gasteiger partial charge in [0.05, 0.1) is 6.61 Å². The highest BCUT2D eigenvalue weighted by molar-refractivity contribution is 5.93. The maximum absolute atomic E-state index is 15.5. The van der Waals surface area contributed by atoms with Crippen LogP contribution in [0, 0.1) is 46.6 Å². The molecule has 0 spiro atoms. The SMILES string of the molecule is CC#C[C@]1(O)[C@H](C)C[C@H]2[C@@H]3CCC4=CC(=O)CCC4=C3[C@@H](c3cc(F)c(NCCCOC(C)=O)c(F)c3)C[C@@]21C. The van der Waals surface area contributed by atoms with Gasteiger partial charge in [-0.15, -0.1) is 5.92 Å². The largest absolute Gasteiger partial charge is 0.466 e. The highest BCUT2D eigenvalue weighted by atomic mass is 19.1. The van der Waals surface area contributed by atoms with Crippen LogP contribution in [0.5, 0.6) is 0 Å². The smallest absolute Gasteiger partial charge is 0.302 e. The standard InChI is InChI=1S/C33H39F2NO4/c1-5-11-33(39)19(2)14-27-25-9-7-21-15-23(38)8-10-24(21)30(25)26(18-32(27,33)4)22-16-28(34)31(29(35)17-22)36-12-6-13-40-20(3)37/h15-17,19,25-27,36,39H,6-10,12-14,18H2,1-4H3/t19-,25+,26-,27+,32+,33+/m1/s1. The second-order valence-electron chi connectivity index (χ2n) is 12.3. The Morgan fingerprint density at radius 1 is 1.23 bits per heavy atom. The quantitative estimate of drug-likeness (QED) is 0.249. The summed E-state index contributed by atoms with van der Waals surface area (Å²) < 4.78 is 35.9. The maximum atomic E-state index is 15.5. The van der Waals surface area contributed by atoms with Crippen LogP contribution in [-0.2, 0) is 14.3 Å². The molecule has 214 valence electrons. The van der Waals surface area contributed by atoms with Crippen LogP contribution in [0.4, 0.5) is 14.5 Å². The fourth-order valence-corrected chi connectivity index (χ4v) is 8.22. The molecule has 0 aliphatic heterocycles. The van der Waals surface area contributed by atoms with E-state index in [-0.39, 0.29) is 48.3 Å². The molecule has 6 atom stereocenters. The van der Waals surface area contributed by atoms with E-state index in [2.05, 4.69) is 31.0 Å². The minimum absolute atomic E-state index is 0.0307. The molecular formula is C33H39F2NO4. The second kappa shape index (κ2) is 10.8. The first-order chi connectivity index (χ1) is 19.0. The third-order valence-corrected chi connectivity index (χ3v) is 10.0. The van der Waals surface area contributed by atoms with Crippen LogP contribution in [0.15, 0.2) is 34.9 Å². The van der Waals surface area contributed by atoms with E-state index in [0.717, 1.165) is 24.8 Å². The molecule has 2 saturated carbocycles. The van der Waals surface area contributed by atoms with Crippen molar-refractivity contribution in [2.75, 3.05) is 18.5 Å². The average Bonchev–Trinajstić information content (AvgIpc) is 3.09. The number of anilines is 1. The van der Waals surface area contributed by atoms with Crippen LogP contribution in [-0.4, -0.2) is 35.6 Å². The molecule has 0 saturated heterocycles. The van der Waals surface area contributed by atoms with Gasteiger partial charge in [0.2, 0.25) is 0 Å². The van der Waals surface area contributed by atoms with Crippen molar-refractivity contribution in [3.63, 3.8) is 0 Å². The summed E-state index contributed by atoms with van der Waals surface area (Å²) in [6.07, 6.45) is 6.31. The molecule has 2 fully saturated rings. The molecule has 0 unspecified atom stereocenters. The number of ether oxygens (including phenoxy) is 1. The fourth-order valence-electron chi connectivity index (χ4n) is 8.22. The number of benzene rings is 1. The molecule has 1 aromatic rings. The summed E-state index contributed by atoms with van der Waals surface area (Å²) >= 11 is 0. The van der Waals surface area contributed by atoms with Gasteiger partial charge in [-0.25, -0.2) is 8.78 Å². The van der Waals surface area contributed by atoms with E-state index in [1.165, 1.54) is 30.2 Å². The van der Waals surface area contributed by atoms with Crippen LogP contribution in [0.25, 0.3) is 0 Å². The molecule has 5 nitrogen and oxygen atoms in total. The van der Waals surface area contributed by atoms with E-state index in [9.17, 15) is 14.7 Å². The first kappa shape index (κ1) is 28.5. The van der Waals surface area contributed by atoms with Crippen molar-refractivity contribution in [1.29, 1.82) is 0 Å². The predicted octanol–water partition coefficient (Wildman–Crippen LogP) is 6.23. The van der Waals surface area contributed by atoms with E-state index in [4.69, 9.17) is 4.74 Å². The molecule has 5 rings (SSSR count). The minimum atomic E-state index is -1.19. The lowest BCUT2D eigenvalue weighted by Gasteiger charge is -2.54. The number of nitrogens with one attached hydrogen (secondary N) is 1. The van der Waals surface area contributed by atoms with Gasteiger partial charge in [-0.3, -0.25) is 9.59 Å². The zero-order valence-corrected chi connectivity index (χ0v) is 23.8. The zero-order chi connectivity index (χ0) is 28.8. The molecule has 2 N–H and O–H groups in total. The summed E-state index contributed by atoms with van der Waals surface area (Å²) in [4.78, 5) is 23.2. The van der Waals surface area contributed by atoms with Crippen molar-refractivity contribution in [2.45, 2.75) is 84.2 Å². The van der Waals surface area contributed by atoms with Crippen LogP contribution >= 0.6 is 0 Å². The van der Waals surface area contributed by atoms with Crippen LogP contribution in [0.2, 0.25) is 0 Å². The van der Waals surface area contributed by atoms with Gasteiger partial charge in [0.15, 0.2) is 5.78 Å². The van der Waals surface area contributed by atoms with E-state index in [0.29, 0.717) is 31.2 Å². The number of hydrogen-bond acceptors (Lipinski definition) is 5. The number of esters is 1. The molecule has 0 heterocycles. The third kappa shape index (κ3) is 4.68. The molecule has 40 heavy (non-hydrogen) atoms. The summed E-state index contributed by atoms with van der Waals surface area (Å²) in [5.41, 5.74) is 2.06. The number of aliphatic hydroxyl groups is 1. The number of halogens is 2. The van der Waals surface area contributed by atoms with Crippen molar-refractivity contribution in [3.8, 4) is 11.8 Å². The Balaban J connectivity index is 1.56. The predicted molar refractivity (Wildman–Crippen MR) is 149 cm³/mol. The molecule has 1 aromatic carbocycles. The summed E-state index contributed by atoms with van der Waals surface area (Å²) in [5.74, 6) is 4.54. The third-order valence-electron chi connectivity index (χ3n) is 10.0. The topological polar surface area (TPSA) is 75.6 Å². The lowest BCUT2D eigenvalue weighted by atomic mass is 9.51. The van der Waals surface area contributed by atoms with E-state index < -0.39 is 28.6 Å². The van der Waals surface area contributed by atoms with Gasteiger partial charge in [0, 0.05) is 31.2 Å². The van der Waals surface area contributed by atoms with Gasteiger partial charge >= 0.3 is 5.97 Å². The van der Waals surface area contributed by atoms with E-state index >= 15 is 8.78 Å².